The van der Waals surface area contributed by atoms with E-state index in [0.717, 1.165) is 11.4 Å². The molecule has 0 heterocycles. The molecule has 0 fully saturated rings. The highest BCUT2D eigenvalue weighted by Gasteiger charge is 1.91. The second-order valence-electron chi connectivity index (χ2n) is 2.88. The molecule has 0 saturated heterocycles. The summed E-state index contributed by atoms with van der Waals surface area (Å²) in [6.45, 7) is 0. The van der Waals surface area contributed by atoms with Crippen molar-refractivity contribution >= 4 is 5.69 Å². The lowest BCUT2D eigenvalue weighted by molar-refractivity contribution is 0.405. The Morgan fingerprint density at radius 2 is 1.29 bits per heavy atom. The van der Waals surface area contributed by atoms with Crippen LogP contribution in [0.1, 0.15) is 0 Å². The molecule has 2 heteroatoms. The number of rotatable bonds is 3. The highest BCUT2D eigenvalue weighted by atomic mass is 16.6. The first kappa shape index (κ1) is 8.63. The molecule has 2 rings (SSSR count). The third-order valence-electron chi connectivity index (χ3n) is 1.80. The van der Waals surface area contributed by atoms with E-state index in [1.807, 2.05) is 60.7 Å². The van der Waals surface area contributed by atoms with Gasteiger partial charge in [0.05, 0.1) is 5.69 Å². The zero-order valence-corrected chi connectivity index (χ0v) is 7.68. The van der Waals surface area contributed by atoms with Crippen LogP contribution in [0.4, 0.5) is 5.69 Å². The SMILES string of the molecule is c1ccc(NOc2ccccc2)cc1. The van der Waals surface area contributed by atoms with E-state index in [2.05, 4.69) is 5.48 Å². The summed E-state index contributed by atoms with van der Waals surface area (Å²) in [6, 6.07) is 19.4. The lowest BCUT2D eigenvalue weighted by atomic mass is 10.3. The molecule has 2 nitrogen and oxygen atoms in total. The van der Waals surface area contributed by atoms with Crippen LogP contribution in [0.15, 0.2) is 60.7 Å². The summed E-state index contributed by atoms with van der Waals surface area (Å²) >= 11 is 0. The van der Waals surface area contributed by atoms with E-state index in [4.69, 9.17) is 4.84 Å². The summed E-state index contributed by atoms with van der Waals surface area (Å²) < 4.78 is 0. The number of hydrogen-bond donors (Lipinski definition) is 1. The van der Waals surface area contributed by atoms with Crippen molar-refractivity contribution < 1.29 is 4.84 Å². The van der Waals surface area contributed by atoms with Crippen LogP contribution in [0.5, 0.6) is 5.75 Å². The molecule has 0 aliphatic rings. The predicted molar refractivity (Wildman–Crippen MR) is 57.1 cm³/mol. The smallest absolute Gasteiger partial charge is 0.155 e. The van der Waals surface area contributed by atoms with Crippen molar-refractivity contribution in [1.29, 1.82) is 0 Å². The standard InChI is InChI=1S/C12H11NO/c1-3-7-11(8-4-1)13-14-12-9-5-2-6-10-12/h1-10,13H. The maximum absolute atomic E-state index is 5.34. The number of para-hydroxylation sites is 2. The van der Waals surface area contributed by atoms with E-state index in [1.165, 1.54) is 0 Å². The van der Waals surface area contributed by atoms with Crippen LogP contribution in [0.25, 0.3) is 0 Å². The van der Waals surface area contributed by atoms with E-state index < -0.39 is 0 Å². The molecule has 14 heavy (non-hydrogen) atoms. The Bertz CT molecular complexity index is 333. The minimum absolute atomic E-state index is 0.802. The first-order valence-corrected chi connectivity index (χ1v) is 4.48. The van der Waals surface area contributed by atoms with Crippen molar-refractivity contribution in [3.05, 3.63) is 60.7 Å². The van der Waals surface area contributed by atoms with Gasteiger partial charge >= 0.3 is 0 Å². The van der Waals surface area contributed by atoms with Gasteiger partial charge in [-0.25, -0.2) is 5.48 Å². The van der Waals surface area contributed by atoms with Crippen molar-refractivity contribution in [3.63, 3.8) is 0 Å². The molecule has 2 aromatic carbocycles. The number of nitrogens with one attached hydrogen (secondary N) is 1. The van der Waals surface area contributed by atoms with Gasteiger partial charge in [-0.1, -0.05) is 36.4 Å². The predicted octanol–water partition coefficient (Wildman–Crippen LogP) is 3.09. The molecule has 0 unspecified atom stereocenters. The first-order chi connectivity index (χ1) is 6.95. The Balaban J connectivity index is 1.96. The minimum Gasteiger partial charge on any atom is -0.382 e. The Kier molecular flexibility index (Phi) is 2.67. The summed E-state index contributed by atoms with van der Waals surface area (Å²) in [7, 11) is 0. The Morgan fingerprint density at radius 3 is 1.93 bits per heavy atom. The van der Waals surface area contributed by atoms with Crippen LogP contribution in [-0.2, 0) is 0 Å². The Morgan fingerprint density at radius 1 is 0.714 bits per heavy atom. The third kappa shape index (κ3) is 2.26. The fourth-order valence-corrected chi connectivity index (χ4v) is 1.11. The molecule has 0 radical (unpaired) electrons. The molecular weight excluding hydrogens is 174 g/mol. The highest BCUT2D eigenvalue weighted by Crippen LogP contribution is 2.11. The maximum Gasteiger partial charge on any atom is 0.155 e. The van der Waals surface area contributed by atoms with Crippen LogP contribution in [0.2, 0.25) is 0 Å². The van der Waals surface area contributed by atoms with Crippen molar-refractivity contribution in [2.24, 2.45) is 0 Å². The van der Waals surface area contributed by atoms with E-state index in [-0.39, 0.29) is 0 Å². The monoisotopic (exact) mass is 185 g/mol. The van der Waals surface area contributed by atoms with Gasteiger partial charge in [0.1, 0.15) is 0 Å². The van der Waals surface area contributed by atoms with Crippen LogP contribution in [0.3, 0.4) is 0 Å². The first-order valence-electron chi connectivity index (χ1n) is 4.48. The lowest BCUT2D eigenvalue weighted by Crippen LogP contribution is -2.03. The molecule has 0 spiro atoms. The lowest BCUT2D eigenvalue weighted by Gasteiger charge is -2.06. The van der Waals surface area contributed by atoms with Crippen LogP contribution < -0.4 is 10.3 Å². The van der Waals surface area contributed by atoms with Gasteiger partial charge in [0, 0.05) is 0 Å². The normalized spacial score (nSPS) is 9.43. The maximum atomic E-state index is 5.34. The van der Waals surface area contributed by atoms with Gasteiger partial charge < -0.3 is 4.84 Å². The average Bonchev–Trinajstić information content (AvgIpc) is 2.29. The molecule has 1 N–H and O–H groups in total. The fraction of sp³-hybridized carbons (Fsp3) is 0. The molecule has 0 atom stereocenters. The van der Waals surface area contributed by atoms with Crippen molar-refractivity contribution in [2.75, 3.05) is 5.48 Å². The van der Waals surface area contributed by atoms with Crippen LogP contribution in [0, 0.1) is 0 Å². The van der Waals surface area contributed by atoms with Crippen molar-refractivity contribution in [2.45, 2.75) is 0 Å². The molecule has 0 aliphatic heterocycles. The van der Waals surface area contributed by atoms with Gasteiger partial charge in [0.25, 0.3) is 0 Å². The Labute approximate surface area is 83.1 Å². The molecule has 70 valence electrons. The molecule has 0 bridgehead atoms. The second kappa shape index (κ2) is 4.33. The van der Waals surface area contributed by atoms with Gasteiger partial charge in [-0.2, -0.15) is 0 Å². The highest BCUT2D eigenvalue weighted by molar-refractivity contribution is 5.41. The zero-order chi connectivity index (χ0) is 9.64. The van der Waals surface area contributed by atoms with Crippen molar-refractivity contribution in [3.8, 4) is 5.75 Å². The summed E-state index contributed by atoms with van der Waals surface area (Å²) in [5.74, 6) is 0.802. The number of anilines is 1. The van der Waals surface area contributed by atoms with Gasteiger partial charge in [-0.3, -0.25) is 0 Å². The van der Waals surface area contributed by atoms with E-state index >= 15 is 0 Å². The Hall–Kier alpha value is -1.96. The summed E-state index contributed by atoms with van der Waals surface area (Å²) in [5.41, 5.74) is 3.80. The van der Waals surface area contributed by atoms with E-state index in [0.29, 0.717) is 0 Å². The molecule has 0 amide bonds. The van der Waals surface area contributed by atoms with E-state index in [1.54, 1.807) is 0 Å². The third-order valence-corrected chi connectivity index (χ3v) is 1.80. The number of hydrogen-bond acceptors (Lipinski definition) is 2. The fourth-order valence-electron chi connectivity index (χ4n) is 1.11. The average molecular weight is 185 g/mol. The van der Waals surface area contributed by atoms with Crippen LogP contribution in [-0.4, -0.2) is 0 Å². The molecule has 0 saturated carbocycles. The molecule has 2 aromatic rings. The summed E-state index contributed by atoms with van der Waals surface area (Å²) in [6.07, 6.45) is 0. The number of benzene rings is 2. The van der Waals surface area contributed by atoms with Gasteiger partial charge in [-0.15, -0.1) is 0 Å². The topological polar surface area (TPSA) is 21.3 Å². The molecular formula is C12H11NO. The summed E-state index contributed by atoms with van der Waals surface area (Å²) in [4.78, 5) is 5.34. The second-order valence-corrected chi connectivity index (χ2v) is 2.88. The minimum atomic E-state index is 0.802. The van der Waals surface area contributed by atoms with Gasteiger partial charge in [0.15, 0.2) is 5.75 Å². The molecule has 0 aliphatic carbocycles. The summed E-state index contributed by atoms with van der Waals surface area (Å²) in [5, 5.41) is 0. The zero-order valence-electron chi connectivity index (χ0n) is 7.68. The van der Waals surface area contributed by atoms with Gasteiger partial charge in [-0.05, 0) is 24.3 Å². The van der Waals surface area contributed by atoms with Crippen LogP contribution >= 0.6 is 0 Å². The molecule has 0 aromatic heterocycles. The van der Waals surface area contributed by atoms with Gasteiger partial charge in [0.2, 0.25) is 0 Å². The quantitative estimate of drug-likeness (QED) is 0.742. The van der Waals surface area contributed by atoms with Crippen molar-refractivity contribution in [1.82, 2.24) is 0 Å². The van der Waals surface area contributed by atoms with E-state index in [9.17, 15) is 0 Å². The largest absolute Gasteiger partial charge is 0.382 e.